The van der Waals surface area contributed by atoms with Crippen LogP contribution in [0.25, 0.3) is 0 Å². The molecule has 0 aliphatic carbocycles. The highest BCUT2D eigenvalue weighted by Gasteiger charge is 2.14. The van der Waals surface area contributed by atoms with Gasteiger partial charge in [0.15, 0.2) is 0 Å². The second-order valence-electron chi connectivity index (χ2n) is 4.96. The average molecular weight is 290 g/mol. The van der Waals surface area contributed by atoms with E-state index in [0.717, 1.165) is 19.4 Å². The second kappa shape index (κ2) is 6.88. The van der Waals surface area contributed by atoms with Crippen LogP contribution in [0.4, 0.5) is 10.1 Å². The third kappa shape index (κ3) is 4.05. The molecule has 0 unspecified atom stereocenters. The smallest absolute Gasteiger partial charge is 0.254 e. The minimum absolute atomic E-state index is 0.00195. The first-order chi connectivity index (χ1) is 10.1. The van der Waals surface area contributed by atoms with Crippen LogP contribution in [0.1, 0.15) is 28.8 Å². The van der Waals surface area contributed by atoms with Crippen molar-refractivity contribution >= 4 is 11.6 Å². The van der Waals surface area contributed by atoms with Crippen LogP contribution in [0.15, 0.2) is 30.9 Å². The summed E-state index contributed by atoms with van der Waals surface area (Å²) in [5.41, 5.74) is 6.41. The van der Waals surface area contributed by atoms with E-state index in [1.165, 1.54) is 12.1 Å². The molecule has 0 aliphatic rings. The Morgan fingerprint density at radius 3 is 2.95 bits per heavy atom. The minimum Gasteiger partial charge on any atom is -0.399 e. The summed E-state index contributed by atoms with van der Waals surface area (Å²) in [7, 11) is 0. The molecule has 1 heterocycles. The molecule has 5 nitrogen and oxygen atoms in total. The van der Waals surface area contributed by atoms with Crippen molar-refractivity contribution < 1.29 is 9.18 Å². The molecule has 3 N–H and O–H groups in total. The topological polar surface area (TPSA) is 72.9 Å². The highest BCUT2D eigenvalue weighted by Crippen LogP contribution is 2.16. The number of benzene rings is 1. The van der Waals surface area contributed by atoms with E-state index >= 15 is 0 Å². The lowest BCUT2D eigenvalue weighted by molar-refractivity contribution is 0.0948. The number of nitrogens with one attached hydrogen (secondary N) is 1. The van der Waals surface area contributed by atoms with Gasteiger partial charge >= 0.3 is 0 Å². The maximum absolute atomic E-state index is 13.9. The Bertz CT molecular complexity index is 610. The lowest BCUT2D eigenvalue weighted by atomic mass is 10.1. The summed E-state index contributed by atoms with van der Waals surface area (Å²) in [6, 6.07) is 2.88. The molecule has 0 radical (unpaired) electrons. The number of nitrogens with zero attached hydrogens (tertiary/aromatic N) is 2. The maximum atomic E-state index is 13.9. The molecule has 112 valence electrons. The summed E-state index contributed by atoms with van der Waals surface area (Å²) in [6.45, 7) is 2.94. The monoisotopic (exact) mass is 290 g/mol. The van der Waals surface area contributed by atoms with Gasteiger partial charge in [0.1, 0.15) is 5.82 Å². The van der Waals surface area contributed by atoms with Gasteiger partial charge in [0.05, 0.1) is 11.9 Å². The molecule has 6 heteroatoms. The molecule has 2 rings (SSSR count). The summed E-state index contributed by atoms with van der Waals surface area (Å²) in [4.78, 5) is 15.9. The zero-order valence-corrected chi connectivity index (χ0v) is 12.0. The maximum Gasteiger partial charge on any atom is 0.254 e. The molecule has 2 aromatic rings. The summed E-state index contributed by atoms with van der Waals surface area (Å²) < 4.78 is 15.8. The summed E-state index contributed by atoms with van der Waals surface area (Å²) in [6.07, 6.45) is 7.10. The molecule has 0 fully saturated rings. The van der Waals surface area contributed by atoms with Crippen molar-refractivity contribution in [3.8, 4) is 0 Å². The van der Waals surface area contributed by atoms with Crippen LogP contribution >= 0.6 is 0 Å². The Morgan fingerprint density at radius 2 is 2.24 bits per heavy atom. The summed E-state index contributed by atoms with van der Waals surface area (Å²) >= 11 is 0. The fraction of sp³-hybridized carbons (Fsp3) is 0.333. The summed E-state index contributed by atoms with van der Waals surface area (Å²) in [5.74, 6) is -0.939. The largest absolute Gasteiger partial charge is 0.399 e. The fourth-order valence-corrected chi connectivity index (χ4v) is 2.10. The molecule has 0 bridgehead atoms. The van der Waals surface area contributed by atoms with E-state index < -0.39 is 11.7 Å². The highest BCUT2D eigenvalue weighted by molar-refractivity contribution is 5.95. The van der Waals surface area contributed by atoms with Gasteiger partial charge in [-0.25, -0.2) is 9.37 Å². The molecule has 0 saturated carbocycles. The van der Waals surface area contributed by atoms with Crippen molar-refractivity contribution in [1.82, 2.24) is 14.9 Å². The number of imidazole rings is 1. The van der Waals surface area contributed by atoms with Crippen LogP contribution < -0.4 is 11.1 Å². The van der Waals surface area contributed by atoms with E-state index in [1.807, 2.05) is 10.8 Å². The molecular formula is C15H19FN4O. The third-order valence-corrected chi connectivity index (χ3v) is 3.21. The first-order valence-corrected chi connectivity index (χ1v) is 6.87. The SMILES string of the molecule is Cc1cc(N)cc(C(=O)NCCCCn2ccnc2)c1F. The van der Waals surface area contributed by atoms with Gasteiger partial charge in [-0.05, 0) is 37.5 Å². The van der Waals surface area contributed by atoms with Gasteiger partial charge in [0.2, 0.25) is 0 Å². The van der Waals surface area contributed by atoms with Crippen LogP contribution in [-0.4, -0.2) is 22.0 Å². The zero-order valence-electron chi connectivity index (χ0n) is 12.0. The van der Waals surface area contributed by atoms with Gasteiger partial charge in [-0.2, -0.15) is 0 Å². The molecule has 1 aromatic carbocycles. The average Bonchev–Trinajstić information content (AvgIpc) is 2.95. The van der Waals surface area contributed by atoms with E-state index in [0.29, 0.717) is 17.8 Å². The van der Waals surface area contributed by atoms with Gasteiger partial charge < -0.3 is 15.6 Å². The number of aryl methyl sites for hydroxylation is 2. The molecule has 0 atom stereocenters. The lowest BCUT2D eigenvalue weighted by Gasteiger charge is -2.09. The third-order valence-electron chi connectivity index (χ3n) is 3.21. The fourth-order valence-electron chi connectivity index (χ4n) is 2.10. The number of nitrogens with two attached hydrogens (primary N) is 1. The lowest BCUT2D eigenvalue weighted by Crippen LogP contribution is -2.26. The van der Waals surface area contributed by atoms with E-state index in [-0.39, 0.29) is 5.56 Å². The molecule has 0 saturated heterocycles. The molecule has 1 amide bonds. The first-order valence-electron chi connectivity index (χ1n) is 6.87. The van der Waals surface area contributed by atoms with E-state index in [9.17, 15) is 9.18 Å². The highest BCUT2D eigenvalue weighted by atomic mass is 19.1. The van der Waals surface area contributed by atoms with E-state index in [4.69, 9.17) is 5.73 Å². The Balaban J connectivity index is 1.79. The number of carbonyl (C=O) groups is 1. The van der Waals surface area contributed by atoms with Crippen LogP contribution in [0, 0.1) is 12.7 Å². The molecule has 0 aliphatic heterocycles. The number of rotatable bonds is 6. The number of nitrogen functional groups attached to an aromatic ring is 1. The normalized spacial score (nSPS) is 10.6. The molecule has 1 aromatic heterocycles. The van der Waals surface area contributed by atoms with E-state index in [2.05, 4.69) is 10.3 Å². The quantitative estimate of drug-likeness (QED) is 0.632. The molecule has 0 spiro atoms. The van der Waals surface area contributed by atoms with Crippen molar-refractivity contribution in [2.24, 2.45) is 0 Å². The van der Waals surface area contributed by atoms with Gasteiger partial charge in [-0.3, -0.25) is 4.79 Å². The molecule has 21 heavy (non-hydrogen) atoms. The van der Waals surface area contributed by atoms with Crippen LogP contribution in [0.3, 0.4) is 0 Å². The van der Waals surface area contributed by atoms with Crippen molar-refractivity contribution in [3.05, 3.63) is 47.8 Å². The van der Waals surface area contributed by atoms with Crippen molar-refractivity contribution in [3.63, 3.8) is 0 Å². The first kappa shape index (κ1) is 15.0. The van der Waals surface area contributed by atoms with Crippen LogP contribution in [0.2, 0.25) is 0 Å². The predicted molar refractivity (Wildman–Crippen MR) is 79.3 cm³/mol. The number of halogens is 1. The van der Waals surface area contributed by atoms with E-state index in [1.54, 1.807) is 19.4 Å². The summed E-state index contributed by atoms with van der Waals surface area (Å²) in [5, 5.41) is 2.71. The second-order valence-corrected chi connectivity index (χ2v) is 4.96. The number of aromatic nitrogens is 2. The number of hydrogen-bond acceptors (Lipinski definition) is 3. The van der Waals surface area contributed by atoms with Crippen LogP contribution in [-0.2, 0) is 6.54 Å². The predicted octanol–water partition coefficient (Wildman–Crippen LogP) is 2.12. The molecular weight excluding hydrogens is 271 g/mol. The Hall–Kier alpha value is -2.37. The Morgan fingerprint density at radius 1 is 1.43 bits per heavy atom. The number of anilines is 1. The Labute approximate surface area is 123 Å². The number of carbonyl (C=O) groups excluding carboxylic acids is 1. The van der Waals surface area contributed by atoms with Crippen molar-refractivity contribution in [2.75, 3.05) is 12.3 Å². The van der Waals surface area contributed by atoms with Gasteiger partial charge in [-0.1, -0.05) is 0 Å². The van der Waals surface area contributed by atoms with Gasteiger partial charge in [-0.15, -0.1) is 0 Å². The standard InChI is InChI=1S/C15H19FN4O/c1-11-8-12(17)9-13(14(11)16)15(21)19-4-2-3-6-20-7-5-18-10-20/h5,7-10H,2-4,6,17H2,1H3,(H,19,21). The van der Waals surface area contributed by atoms with Gasteiger partial charge in [0, 0.05) is 31.2 Å². The number of amides is 1. The number of hydrogen-bond donors (Lipinski definition) is 2. The van der Waals surface area contributed by atoms with Gasteiger partial charge in [0.25, 0.3) is 5.91 Å². The van der Waals surface area contributed by atoms with Crippen LogP contribution in [0.5, 0.6) is 0 Å². The van der Waals surface area contributed by atoms with Crippen molar-refractivity contribution in [2.45, 2.75) is 26.3 Å². The number of unbranched alkanes of at least 4 members (excludes halogenated alkanes) is 1. The van der Waals surface area contributed by atoms with Crippen molar-refractivity contribution in [1.29, 1.82) is 0 Å². The minimum atomic E-state index is -0.514. The Kier molecular flexibility index (Phi) is 4.92. The zero-order chi connectivity index (χ0) is 15.2.